The van der Waals surface area contributed by atoms with Crippen LogP contribution in [-0.4, -0.2) is 16.0 Å². The summed E-state index contributed by atoms with van der Waals surface area (Å²) in [7, 11) is 0. The van der Waals surface area contributed by atoms with Gasteiger partial charge in [-0.25, -0.2) is 13.2 Å². The minimum absolute atomic E-state index is 0.00340. The number of amides is 1. The highest BCUT2D eigenvalue weighted by atomic mass is 19.1. The van der Waals surface area contributed by atoms with Gasteiger partial charge in [0.05, 0.1) is 0 Å². The predicted molar refractivity (Wildman–Crippen MR) is 78.9 cm³/mol. The van der Waals surface area contributed by atoms with E-state index in [0.29, 0.717) is 5.56 Å². The van der Waals surface area contributed by atoms with Gasteiger partial charge < -0.3 is 15.0 Å². The third-order valence-corrected chi connectivity index (χ3v) is 3.22. The number of hydrogen-bond acceptors (Lipinski definition) is 5. The van der Waals surface area contributed by atoms with Crippen molar-refractivity contribution in [2.75, 3.05) is 0 Å². The Balaban J connectivity index is 1.76. The van der Waals surface area contributed by atoms with Crippen LogP contribution in [0.2, 0.25) is 0 Å². The van der Waals surface area contributed by atoms with Crippen LogP contribution in [0.4, 0.5) is 13.2 Å². The number of ether oxygens (including phenoxy) is 1. The van der Waals surface area contributed by atoms with E-state index < -0.39 is 34.7 Å². The molecule has 128 valence electrons. The van der Waals surface area contributed by atoms with Gasteiger partial charge in [-0.15, -0.1) is 0 Å². The van der Waals surface area contributed by atoms with E-state index in [1.54, 1.807) is 0 Å². The first kappa shape index (κ1) is 16.5. The maximum absolute atomic E-state index is 14.0. The third kappa shape index (κ3) is 3.44. The Morgan fingerprint density at radius 1 is 1.12 bits per heavy atom. The normalized spacial score (nSPS) is 10.7. The molecule has 3 rings (SSSR count). The van der Waals surface area contributed by atoms with Gasteiger partial charge in [-0.2, -0.15) is 4.98 Å². The molecule has 2 aromatic carbocycles. The summed E-state index contributed by atoms with van der Waals surface area (Å²) in [4.78, 5) is 15.1. The molecule has 0 atom stereocenters. The smallest absolute Gasteiger partial charge is 0.264 e. The van der Waals surface area contributed by atoms with Gasteiger partial charge in [0, 0.05) is 5.56 Å². The standard InChI is InChI=1S/C16H10F3N3O3/c17-9-3-1-8(2-4-9)16-21-12(25-22-16)7-24-11-6-5-10(18)13(14(11)19)15(20)23/h1-6H,7H2,(H2,20,23). The Morgan fingerprint density at radius 2 is 1.84 bits per heavy atom. The minimum atomic E-state index is -1.25. The first-order chi connectivity index (χ1) is 12.0. The van der Waals surface area contributed by atoms with E-state index in [4.69, 9.17) is 15.0 Å². The quantitative estimate of drug-likeness (QED) is 0.765. The molecule has 2 N–H and O–H groups in total. The number of benzene rings is 2. The Hall–Kier alpha value is -3.36. The number of halogens is 3. The van der Waals surface area contributed by atoms with Crippen molar-refractivity contribution in [2.24, 2.45) is 5.73 Å². The van der Waals surface area contributed by atoms with Gasteiger partial charge in [0.25, 0.3) is 11.8 Å². The van der Waals surface area contributed by atoms with Crippen molar-refractivity contribution in [3.63, 3.8) is 0 Å². The second-order valence-electron chi connectivity index (χ2n) is 4.91. The molecule has 0 aliphatic rings. The Kier molecular flexibility index (Phi) is 4.38. The molecule has 0 spiro atoms. The summed E-state index contributed by atoms with van der Waals surface area (Å²) < 4.78 is 50.4. The lowest BCUT2D eigenvalue weighted by Crippen LogP contribution is -2.16. The molecule has 6 nitrogen and oxygen atoms in total. The molecule has 1 aromatic heterocycles. The fourth-order valence-electron chi connectivity index (χ4n) is 2.04. The van der Waals surface area contributed by atoms with Crippen molar-refractivity contribution >= 4 is 5.91 Å². The SMILES string of the molecule is NC(=O)c1c(F)ccc(OCc2nc(-c3ccc(F)cc3)no2)c1F. The first-order valence-electron chi connectivity index (χ1n) is 6.95. The van der Waals surface area contributed by atoms with E-state index >= 15 is 0 Å². The third-order valence-electron chi connectivity index (χ3n) is 3.22. The molecule has 0 aliphatic heterocycles. The molecule has 9 heteroatoms. The zero-order chi connectivity index (χ0) is 18.0. The van der Waals surface area contributed by atoms with Crippen molar-refractivity contribution in [3.8, 4) is 17.1 Å². The molecule has 3 aromatic rings. The van der Waals surface area contributed by atoms with Crippen LogP contribution in [0.1, 0.15) is 16.2 Å². The number of aromatic nitrogens is 2. The summed E-state index contributed by atoms with van der Waals surface area (Å²) in [5, 5.41) is 3.69. The molecule has 0 aliphatic carbocycles. The second-order valence-corrected chi connectivity index (χ2v) is 4.91. The molecular weight excluding hydrogens is 339 g/mol. The lowest BCUT2D eigenvalue weighted by atomic mass is 10.1. The average Bonchev–Trinajstić information content (AvgIpc) is 3.03. The fourth-order valence-corrected chi connectivity index (χ4v) is 2.04. The monoisotopic (exact) mass is 349 g/mol. The van der Waals surface area contributed by atoms with E-state index in [9.17, 15) is 18.0 Å². The number of carbonyl (C=O) groups is 1. The Bertz CT molecular complexity index is 926. The van der Waals surface area contributed by atoms with Crippen molar-refractivity contribution in [2.45, 2.75) is 6.61 Å². The van der Waals surface area contributed by atoms with Crippen LogP contribution in [-0.2, 0) is 6.61 Å². The van der Waals surface area contributed by atoms with E-state index in [-0.39, 0.29) is 18.3 Å². The molecule has 1 amide bonds. The van der Waals surface area contributed by atoms with Crippen LogP contribution >= 0.6 is 0 Å². The number of hydrogen-bond donors (Lipinski definition) is 1. The van der Waals surface area contributed by atoms with E-state index in [2.05, 4.69) is 10.1 Å². The zero-order valence-corrected chi connectivity index (χ0v) is 12.5. The highest BCUT2D eigenvalue weighted by Gasteiger charge is 2.20. The first-order valence-corrected chi connectivity index (χ1v) is 6.95. The maximum atomic E-state index is 14.0. The van der Waals surface area contributed by atoms with Crippen LogP contribution < -0.4 is 10.5 Å². The van der Waals surface area contributed by atoms with E-state index in [1.807, 2.05) is 0 Å². The van der Waals surface area contributed by atoms with Gasteiger partial charge in [-0.3, -0.25) is 4.79 Å². The summed E-state index contributed by atoms with van der Waals surface area (Å²) >= 11 is 0. The van der Waals surface area contributed by atoms with Crippen molar-refractivity contribution < 1.29 is 27.2 Å². The summed E-state index contributed by atoms with van der Waals surface area (Å²) in [6, 6.07) is 7.26. The Morgan fingerprint density at radius 3 is 2.52 bits per heavy atom. The molecular formula is C16H10F3N3O3. The number of rotatable bonds is 5. The molecule has 0 saturated carbocycles. The maximum Gasteiger partial charge on any atom is 0.264 e. The summed E-state index contributed by atoms with van der Waals surface area (Å²) in [6.07, 6.45) is 0. The number of nitrogens with two attached hydrogens (primary N) is 1. The van der Waals surface area contributed by atoms with Gasteiger partial charge >= 0.3 is 0 Å². The molecule has 0 radical (unpaired) electrons. The van der Waals surface area contributed by atoms with Gasteiger partial charge in [-0.1, -0.05) is 5.16 Å². The van der Waals surface area contributed by atoms with Crippen LogP contribution in [0.25, 0.3) is 11.4 Å². The lowest BCUT2D eigenvalue weighted by molar-refractivity contribution is 0.0991. The van der Waals surface area contributed by atoms with Crippen LogP contribution in [0.3, 0.4) is 0 Å². The highest BCUT2D eigenvalue weighted by molar-refractivity contribution is 5.93. The van der Waals surface area contributed by atoms with Gasteiger partial charge in [0.1, 0.15) is 17.2 Å². The van der Waals surface area contributed by atoms with Crippen molar-refractivity contribution in [1.82, 2.24) is 10.1 Å². The van der Waals surface area contributed by atoms with Gasteiger partial charge in [-0.05, 0) is 36.4 Å². The van der Waals surface area contributed by atoms with Crippen molar-refractivity contribution in [1.29, 1.82) is 0 Å². The van der Waals surface area contributed by atoms with Gasteiger partial charge in [0.2, 0.25) is 5.82 Å². The van der Waals surface area contributed by atoms with Gasteiger partial charge in [0.15, 0.2) is 18.2 Å². The number of nitrogens with zero attached hydrogens (tertiary/aromatic N) is 2. The van der Waals surface area contributed by atoms with Crippen molar-refractivity contribution in [3.05, 3.63) is 65.3 Å². The highest BCUT2D eigenvalue weighted by Crippen LogP contribution is 2.24. The van der Waals surface area contributed by atoms with Crippen LogP contribution in [0.5, 0.6) is 5.75 Å². The molecule has 0 bridgehead atoms. The molecule has 0 fully saturated rings. The molecule has 0 saturated heterocycles. The van der Waals surface area contributed by atoms with E-state index in [1.165, 1.54) is 24.3 Å². The van der Waals surface area contributed by atoms with Crippen LogP contribution in [0.15, 0.2) is 40.9 Å². The average molecular weight is 349 g/mol. The zero-order valence-electron chi connectivity index (χ0n) is 12.5. The summed E-state index contributed by atoms with van der Waals surface area (Å²) in [5.74, 6) is -4.17. The summed E-state index contributed by atoms with van der Waals surface area (Å²) in [6.45, 7) is -0.324. The number of carbonyl (C=O) groups excluding carboxylic acids is 1. The predicted octanol–water partition coefficient (Wildman–Crippen LogP) is 2.83. The largest absolute Gasteiger partial charge is 0.481 e. The summed E-state index contributed by atoms with van der Waals surface area (Å²) in [5.41, 5.74) is 4.55. The lowest BCUT2D eigenvalue weighted by Gasteiger charge is -2.07. The molecule has 0 unspecified atom stereocenters. The molecule has 1 heterocycles. The fraction of sp³-hybridized carbons (Fsp3) is 0.0625. The minimum Gasteiger partial charge on any atom is -0.481 e. The van der Waals surface area contributed by atoms with Crippen LogP contribution in [0, 0.1) is 17.5 Å². The second kappa shape index (κ2) is 6.63. The molecule has 25 heavy (non-hydrogen) atoms. The van der Waals surface area contributed by atoms with E-state index in [0.717, 1.165) is 12.1 Å². The number of primary amides is 1. The topological polar surface area (TPSA) is 91.2 Å². The Labute approximate surface area is 139 Å².